The first-order valence-corrected chi connectivity index (χ1v) is 12.3. The van der Waals surface area contributed by atoms with Gasteiger partial charge in [0.25, 0.3) is 0 Å². The third-order valence-corrected chi connectivity index (χ3v) is 8.73. The molecule has 1 aliphatic carbocycles. The monoisotopic (exact) mass is 449 g/mol. The van der Waals surface area contributed by atoms with Gasteiger partial charge < -0.3 is 10.0 Å². The Balaban J connectivity index is 1.37. The number of carbonyl (C=O) groups is 1. The van der Waals surface area contributed by atoms with Crippen LogP contribution in [-0.2, 0) is 15.6 Å². The van der Waals surface area contributed by atoms with Crippen LogP contribution in [0, 0.1) is 0 Å². The Morgan fingerprint density at radius 2 is 1.56 bits per heavy atom. The molecular formula is C30H29N2O2+. The van der Waals surface area contributed by atoms with E-state index in [1.807, 2.05) is 0 Å². The third kappa shape index (κ3) is 2.15. The molecule has 4 aliphatic heterocycles. The number of anilines is 1. The van der Waals surface area contributed by atoms with Gasteiger partial charge in [0.1, 0.15) is 5.76 Å². The summed E-state index contributed by atoms with van der Waals surface area (Å²) in [7, 11) is 0. The molecule has 2 aromatic rings. The normalized spacial score (nSPS) is 25.6. The third-order valence-electron chi connectivity index (χ3n) is 8.73. The average molecular weight is 450 g/mol. The van der Waals surface area contributed by atoms with Gasteiger partial charge in [-0.25, -0.2) is 0 Å². The van der Waals surface area contributed by atoms with E-state index in [1.165, 1.54) is 33.9 Å². The van der Waals surface area contributed by atoms with Crippen LogP contribution in [0.5, 0.6) is 0 Å². The minimum Gasteiger partial charge on any atom is -0.506 e. The zero-order chi connectivity index (χ0) is 23.6. The molecule has 170 valence electrons. The highest BCUT2D eigenvalue weighted by atomic mass is 16.3. The summed E-state index contributed by atoms with van der Waals surface area (Å²) < 4.78 is 2.35. The largest absolute Gasteiger partial charge is 0.506 e. The smallest absolute Gasteiger partial charge is 0.209 e. The number of carbonyl (C=O) groups excluding carboxylic acids is 1. The number of aliphatic hydroxyl groups is 1. The molecule has 0 atom stereocenters. The number of nitrogens with zero attached hydrogens (tertiary/aromatic N) is 2. The Bertz CT molecular complexity index is 1480. The van der Waals surface area contributed by atoms with Gasteiger partial charge in [-0.05, 0) is 37.5 Å². The van der Waals surface area contributed by atoms with Crippen molar-refractivity contribution in [3.05, 3.63) is 93.4 Å². The molecule has 0 bridgehead atoms. The summed E-state index contributed by atoms with van der Waals surface area (Å²) in [5.41, 5.74) is 10.2. The Kier molecular flexibility index (Phi) is 3.64. The second-order valence-electron chi connectivity index (χ2n) is 11.2. The predicted molar refractivity (Wildman–Crippen MR) is 134 cm³/mol. The maximum absolute atomic E-state index is 13.7. The summed E-state index contributed by atoms with van der Waals surface area (Å²) in [6.45, 7) is 10.6. The second kappa shape index (κ2) is 6.18. The zero-order valence-corrected chi connectivity index (χ0v) is 20.2. The van der Waals surface area contributed by atoms with E-state index in [0.717, 1.165) is 37.1 Å². The Hall–Kier alpha value is -3.40. The van der Waals surface area contributed by atoms with Gasteiger partial charge in [-0.3, -0.25) is 4.79 Å². The van der Waals surface area contributed by atoms with Gasteiger partial charge in [0.15, 0.2) is 12.3 Å². The number of aliphatic hydroxyl groups excluding tert-OH is 1. The van der Waals surface area contributed by atoms with Crippen LogP contribution < -0.4 is 4.90 Å². The lowest BCUT2D eigenvalue weighted by Gasteiger charge is -2.29. The van der Waals surface area contributed by atoms with E-state index in [4.69, 9.17) is 0 Å². The first-order valence-electron chi connectivity index (χ1n) is 12.3. The number of para-hydroxylation sites is 2. The molecule has 34 heavy (non-hydrogen) atoms. The minimum atomic E-state index is -0.188. The van der Waals surface area contributed by atoms with Crippen LogP contribution in [0.15, 0.2) is 82.3 Å². The highest BCUT2D eigenvalue weighted by Gasteiger charge is 2.54. The second-order valence-corrected chi connectivity index (χ2v) is 11.2. The van der Waals surface area contributed by atoms with Crippen molar-refractivity contribution >= 4 is 22.9 Å². The Morgan fingerprint density at radius 1 is 0.853 bits per heavy atom. The quantitative estimate of drug-likeness (QED) is 0.454. The van der Waals surface area contributed by atoms with Gasteiger partial charge in [-0.1, -0.05) is 50.2 Å². The number of hydrogen-bond acceptors (Lipinski definition) is 3. The highest BCUT2D eigenvalue weighted by molar-refractivity contribution is 6.26. The summed E-state index contributed by atoms with van der Waals surface area (Å²) in [4.78, 5) is 16.1. The number of Topliss-reactive ketones (excluding diaryl/α,β-unsaturated/α-hetero) is 1. The Morgan fingerprint density at radius 3 is 2.32 bits per heavy atom. The van der Waals surface area contributed by atoms with Crippen LogP contribution in [0.4, 0.5) is 11.4 Å². The molecule has 5 aliphatic rings. The van der Waals surface area contributed by atoms with Crippen molar-refractivity contribution < 1.29 is 14.5 Å². The van der Waals surface area contributed by atoms with Crippen molar-refractivity contribution in [2.75, 3.05) is 18.0 Å². The SMILES string of the molecule is CC1(C)C2=C(C3=C(O)C(=C4CC[N+]5=C4C(C)(C)c4ccccc45)C3=O)CCN2c2ccccc21. The standard InChI is InChI=1S/C30H28N2O2/c1-29(2)19-9-5-7-11-21(19)31-15-13-17(27(29)31)23-25(33)24(26(23)34)18-14-16-32-22-12-8-6-10-20(22)30(3,4)28(18)32/h5-12H,13-16H2,1-4H3/p+1. The van der Waals surface area contributed by atoms with Gasteiger partial charge in [0.05, 0.1) is 16.6 Å². The fourth-order valence-electron chi connectivity index (χ4n) is 7.32. The van der Waals surface area contributed by atoms with Crippen molar-refractivity contribution in [2.24, 2.45) is 0 Å². The van der Waals surface area contributed by atoms with Crippen LogP contribution in [0.3, 0.4) is 0 Å². The number of benzene rings is 2. The molecular weight excluding hydrogens is 420 g/mol. The molecule has 0 fully saturated rings. The lowest BCUT2D eigenvalue weighted by molar-refractivity contribution is -0.428. The van der Waals surface area contributed by atoms with Gasteiger partial charge in [0.2, 0.25) is 11.5 Å². The summed E-state index contributed by atoms with van der Waals surface area (Å²) in [5, 5.41) is 11.4. The first kappa shape index (κ1) is 20.0. The Labute approximate surface area is 200 Å². The van der Waals surface area contributed by atoms with Crippen molar-refractivity contribution in [3.8, 4) is 0 Å². The molecule has 0 saturated carbocycles. The highest BCUT2D eigenvalue weighted by Crippen LogP contribution is 2.55. The van der Waals surface area contributed by atoms with Crippen molar-refractivity contribution in [2.45, 2.75) is 51.4 Å². The van der Waals surface area contributed by atoms with Gasteiger partial charge in [-0.15, -0.1) is 0 Å². The van der Waals surface area contributed by atoms with Gasteiger partial charge >= 0.3 is 0 Å². The molecule has 0 unspecified atom stereocenters. The maximum atomic E-state index is 13.7. The van der Waals surface area contributed by atoms with Crippen LogP contribution in [0.2, 0.25) is 0 Å². The van der Waals surface area contributed by atoms with Gasteiger partial charge in [0, 0.05) is 47.0 Å². The molecule has 0 radical (unpaired) electrons. The van der Waals surface area contributed by atoms with Crippen molar-refractivity contribution in [1.29, 1.82) is 0 Å². The predicted octanol–water partition coefficient (Wildman–Crippen LogP) is 5.61. The summed E-state index contributed by atoms with van der Waals surface area (Å²) in [6, 6.07) is 17.0. The lowest BCUT2D eigenvalue weighted by atomic mass is 9.72. The summed E-state index contributed by atoms with van der Waals surface area (Å²) >= 11 is 0. The van der Waals surface area contributed by atoms with Gasteiger partial charge in [-0.2, -0.15) is 4.58 Å². The fraction of sp³-hybridized carbons (Fsp3) is 0.333. The van der Waals surface area contributed by atoms with Crippen LogP contribution in [0.25, 0.3) is 0 Å². The minimum absolute atomic E-state index is 0.0183. The van der Waals surface area contributed by atoms with E-state index in [0.29, 0.717) is 11.1 Å². The lowest BCUT2D eigenvalue weighted by Crippen LogP contribution is -2.33. The molecule has 4 heterocycles. The van der Waals surface area contributed by atoms with Crippen LogP contribution in [-0.4, -0.2) is 34.3 Å². The van der Waals surface area contributed by atoms with E-state index in [-0.39, 0.29) is 22.4 Å². The van der Waals surface area contributed by atoms with Crippen molar-refractivity contribution in [3.63, 3.8) is 0 Å². The molecule has 4 heteroatoms. The average Bonchev–Trinajstić information content (AvgIpc) is 3.54. The van der Waals surface area contributed by atoms with E-state index >= 15 is 0 Å². The number of allylic oxidation sites excluding steroid dienone is 3. The van der Waals surface area contributed by atoms with Crippen LogP contribution in [0.1, 0.15) is 51.7 Å². The first-order chi connectivity index (χ1) is 16.2. The summed E-state index contributed by atoms with van der Waals surface area (Å²) in [6.07, 6.45) is 1.58. The molecule has 0 saturated heterocycles. The van der Waals surface area contributed by atoms with Crippen molar-refractivity contribution in [1.82, 2.24) is 0 Å². The number of ketones is 1. The molecule has 4 nitrogen and oxygen atoms in total. The molecule has 0 spiro atoms. The number of hydrogen-bond donors (Lipinski definition) is 1. The van der Waals surface area contributed by atoms with E-state index in [1.54, 1.807) is 0 Å². The van der Waals surface area contributed by atoms with E-state index in [9.17, 15) is 9.90 Å². The molecule has 2 aromatic carbocycles. The molecule has 0 aromatic heterocycles. The van der Waals surface area contributed by atoms with E-state index < -0.39 is 0 Å². The molecule has 0 amide bonds. The van der Waals surface area contributed by atoms with Crippen LogP contribution >= 0.6 is 0 Å². The van der Waals surface area contributed by atoms with E-state index in [2.05, 4.69) is 85.7 Å². The number of rotatable bonds is 1. The molecule has 7 rings (SSSR count). The molecule has 1 N–H and O–H groups in total. The fourth-order valence-corrected chi connectivity index (χ4v) is 7.32. The summed E-state index contributed by atoms with van der Waals surface area (Å²) in [5.74, 6) is 0.224. The maximum Gasteiger partial charge on any atom is 0.209 e. The topological polar surface area (TPSA) is 43.6 Å². The zero-order valence-electron chi connectivity index (χ0n) is 20.2. The number of fused-ring (bicyclic) bond motifs is 5.